The van der Waals surface area contributed by atoms with Crippen molar-refractivity contribution in [2.45, 2.75) is 39.7 Å². The fourth-order valence-electron chi connectivity index (χ4n) is 1.87. The van der Waals surface area contributed by atoms with Gasteiger partial charge in [-0.25, -0.2) is 0 Å². The van der Waals surface area contributed by atoms with Crippen LogP contribution in [-0.2, 0) is 4.74 Å². The maximum atomic E-state index is 5.73. The minimum atomic E-state index is 0.0190. The molecule has 0 radical (unpaired) electrons. The molecule has 1 aliphatic heterocycles. The van der Waals surface area contributed by atoms with Crippen LogP contribution in [-0.4, -0.2) is 43.3 Å². The van der Waals surface area contributed by atoms with E-state index < -0.39 is 0 Å². The van der Waals surface area contributed by atoms with Crippen molar-refractivity contribution in [3.05, 3.63) is 0 Å². The highest BCUT2D eigenvalue weighted by atomic mass is 16.5. The first kappa shape index (κ1) is 12.9. The molecule has 1 fully saturated rings. The van der Waals surface area contributed by atoms with Gasteiger partial charge < -0.3 is 10.5 Å². The molecule has 0 aromatic carbocycles. The zero-order valence-corrected chi connectivity index (χ0v) is 10.7. The predicted octanol–water partition coefficient (Wildman–Crippen LogP) is 1.47. The van der Waals surface area contributed by atoms with Crippen LogP contribution in [0.5, 0.6) is 0 Å². The van der Waals surface area contributed by atoms with Gasteiger partial charge in [-0.05, 0) is 38.8 Å². The molecule has 1 rings (SSSR count). The zero-order valence-electron chi connectivity index (χ0n) is 10.7. The molecule has 0 saturated carbocycles. The van der Waals surface area contributed by atoms with Crippen LogP contribution in [0, 0.1) is 5.41 Å². The van der Waals surface area contributed by atoms with Crippen LogP contribution in [0.4, 0.5) is 0 Å². The first-order valence-corrected chi connectivity index (χ1v) is 5.91. The van der Waals surface area contributed by atoms with Gasteiger partial charge in [0.05, 0.1) is 12.2 Å². The number of ether oxygens (including phenoxy) is 1. The molecule has 0 amide bonds. The summed E-state index contributed by atoms with van der Waals surface area (Å²) in [5.41, 5.74) is 6.02. The van der Waals surface area contributed by atoms with Gasteiger partial charge in [0.1, 0.15) is 0 Å². The normalized spacial score (nSPS) is 23.0. The first-order valence-electron chi connectivity index (χ1n) is 5.91. The van der Waals surface area contributed by atoms with Crippen molar-refractivity contribution in [2.75, 3.05) is 32.8 Å². The van der Waals surface area contributed by atoms with Gasteiger partial charge in [-0.1, -0.05) is 13.8 Å². The molecular formula is C12H26N2O. The van der Waals surface area contributed by atoms with E-state index in [-0.39, 0.29) is 11.0 Å². The Morgan fingerprint density at radius 1 is 1.40 bits per heavy atom. The number of hydrogen-bond donors (Lipinski definition) is 1. The Morgan fingerprint density at radius 3 is 2.60 bits per heavy atom. The number of morpholine rings is 1. The van der Waals surface area contributed by atoms with Gasteiger partial charge in [0.25, 0.3) is 0 Å². The largest absolute Gasteiger partial charge is 0.373 e. The van der Waals surface area contributed by atoms with Gasteiger partial charge in [0.15, 0.2) is 0 Å². The zero-order chi connectivity index (χ0) is 11.5. The molecule has 1 heterocycles. The fraction of sp³-hybridized carbons (Fsp3) is 1.00. The second-order valence-electron chi connectivity index (χ2n) is 6.00. The minimum absolute atomic E-state index is 0.0190. The van der Waals surface area contributed by atoms with Crippen LogP contribution >= 0.6 is 0 Å². The second kappa shape index (κ2) is 4.81. The van der Waals surface area contributed by atoms with E-state index in [0.29, 0.717) is 0 Å². The number of hydrogen-bond acceptors (Lipinski definition) is 3. The number of nitrogens with zero attached hydrogens (tertiary/aromatic N) is 1. The average Bonchev–Trinajstić information content (AvgIpc) is 2.14. The summed E-state index contributed by atoms with van der Waals surface area (Å²) >= 11 is 0. The van der Waals surface area contributed by atoms with Crippen molar-refractivity contribution >= 4 is 0 Å². The van der Waals surface area contributed by atoms with Crippen LogP contribution in [0.15, 0.2) is 0 Å². The van der Waals surface area contributed by atoms with Crippen molar-refractivity contribution < 1.29 is 4.74 Å². The summed E-state index contributed by atoms with van der Waals surface area (Å²) in [6.07, 6.45) is 1.17. The molecule has 2 N–H and O–H groups in total. The van der Waals surface area contributed by atoms with Crippen LogP contribution in [0.3, 0.4) is 0 Å². The van der Waals surface area contributed by atoms with E-state index in [1.54, 1.807) is 0 Å². The monoisotopic (exact) mass is 214 g/mol. The Hall–Kier alpha value is -0.120. The predicted molar refractivity (Wildman–Crippen MR) is 63.9 cm³/mol. The van der Waals surface area contributed by atoms with Gasteiger partial charge in [-0.3, -0.25) is 4.90 Å². The summed E-state index contributed by atoms with van der Waals surface area (Å²) in [4.78, 5) is 2.49. The number of rotatable bonds is 4. The van der Waals surface area contributed by atoms with Crippen LogP contribution in [0.2, 0.25) is 0 Å². The molecule has 0 atom stereocenters. The highest BCUT2D eigenvalue weighted by molar-refractivity contribution is 4.80. The summed E-state index contributed by atoms with van der Waals surface area (Å²) in [5, 5.41) is 0. The Balaban J connectivity index is 2.33. The first-order chi connectivity index (χ1) is 6.85. The van der Waals surface area contributed by atoms with E-state index in [2.05, 4.69) is 32.6 Å². The van der Waals surface area contributed by atoms with Gasteiger partial charge in [-0.15, -0.1) is 0 Å². The van der Waals surface area contributed by atoms with Crippen LogP contribution in [0.25, 0.3) is 0 Å². The molecule has 0 unspecified atom stereocenters. The Morgan fingerprint density at radius 2 is 2.07 bits per heavy atom. The van der Waals surface area contributed by atoms with Gasteiger partial charge >= 0.3 is 0 Å². The van der Waals surface area contributed by atoms with E-state index in [9.17, 15) is 0 Å². The molecule has 0 bridgehead atoms. The molecule has 15 heavy (non-hydrogen) atoms. The third kappa shape index (κ3) is 4.49. The molecule has 0 aromatic heterocycles. The van der Waals surface area contributed by atoms with Crippen molar-refractivity contribution in [1.82, 2.24) is 4.90 Å². The van der Waals surface area contributed by atoms with Gasteiger partial charge in [-0.2, -0.15) is 0 Å². The number of nitrogens with two attached hydrogens (primary N) is 1. The average molecular weight is 214 g/mol. The Labute approximate surface area is 94.0 Å². The molecule has 3 nitrogen and oxygen atoms in total. The van der Waals surface area contributed by atoms with Crippen molar-refractivity contribution in [1.29, 1.82) is 0 Å². The highest BCUT2D eigenvalue weighted by Crippen LogP contribution is 2.21. The molecule has 1 aliphatic rings. The van der Waals surface area contributed by atoms with E-state index in [4.69, 9.17) is 10.5 Å². The molecule has 1 saturated heterocycles. The second-order valence-corrected chi connectivity index (χ2v) is 6.00. The summed E-state index contributed by atoms with van der Waals surface area (Å²) in [5.74, 6) is 0. The standard InChI is InChI=1S/C12H26N2O/c1-11(2,9-13)5-6-14-7-8-15-12(3,4)10-14/h5-10,13H2,1-4H3. The minimum Gasteiger partial charge on any atom is -0.373 e. The van der Waals surface area contributed by atoms with Crippen LogP contribution in [0.1, 0.15) is 34.1 Å². The lowest BCUT2D eigenvalue weighted by Crippen LogP contribution is -2.49. The summed E-state index contributed by atoms with van der Waals surface area (Å²) in [7, 11) is 0. The van der Waals surface area contributed by atoms with Gasteiger partial charge in [0, 0.05) is 13.1 Å². The van der Waals surface area contributed by atoms with Crippen molar-refractivity contribution in [2.24, 2.45) is 11.1 Å². The Kier molecular flexibility index (Phi) is 4.15. The fourth-order valence-corrected chi connectivity index (χ4v) is 1.87. The van der Waals surface area contributed by atoms with Gasteiger partial charge in [0.2, 0.25) is 0 Å². The van der Waals surface area contributed by atoms with E-state index >= 15 is 0 Å². The summed E-state index contributed by atoms with van der Waals surface area (Å²) in [6, 6.07) is 0. The highest BCUT2D eigenvalue weighted by Gasteiger charge is 2.27. The third-order valence-electron chi connectivity index (χ3n) is 3.16. The SMILES string of the molecule is CC(C)(CN)CCN1CCOC(C)(C)C1. The smallest absolute Gasteiger partial charge is 0.0753 e. The Bertz CT molecular complexity index is 202. The maximum Gasteiger partial charge on any atom is 0.0753 e. The van der Waals surface area contributed by atoms with Crippen LogP contribution < -0.4 is 5.73 Å². The lowest BCUT2D eigenvalue weighted by atomic mass is 9.89. The summed E-state index contributed by atoms with van der Waals surface area (Å²) < 4.78 is 5.69. The molecule has 90 valence electrons. The van der Waals surface area contributed by atoms with Crippen molar-refractivity contribution in [3.63, 3.8) is 0 Å². The molecule has 0 aromatic rings. The molecule has 0 spiro atoms. The van der Waals surface area contributed by atoms with Crippen molar-refractivity contribution in [3.8, 4) is 0 Å². The van der Waals surface area contributed by atoms with E-state index in [0.717, 1.165) is 32.8 Å². The topological polar surface area (TPSA) is 38.5 Å². The van der Waals surface area contributed by atoms with E-state index in [1.807, 2.05) is 0 Å². The quantitative estimate of drug-likeness (QED) is 0.770. The molecular weight excluding hydrogens is 188 g/mol. The molecule has 0 aliphatic carbocycles. The lowest BCUT2D eigenvalue weighted by Gasteiger charge is -2.39. The molecule has 3 heteroatoms. The lowest BCUT2D eigenvalue weighted by molar-refractivity contribution is -0.0875. The summed E-state index contributed by atoms with van der Waals surface area (Å²) in [6.45, 7) is 13.6. The van der Waals surface area contributed by atoms with E-state index in [1.165, 1.54) is 6.42 Å². The third-order valence-corrected chi connectivity index (χ3v) is 3.16. The maximum absolute atomic E-state index is 5.73.